The Morgan fingerprint density at radius 1 is 1.31 bits per heavy atom. The molecule has 1 saturated carbocycles. The molecule has 1 aliphatic carbocycles. The third kappa shape index (κ3) is 4.30. The summed E-state index contributed by atoms with van der Waals surface area (Å²) in [5.41, 5.74) is 0. The van der Waals surface area contributed by atoms with Gasteiger partial charge in [-0.05, 0) is 29.7 Å². The van der Waals surface area contributed by atoms with Gasteiger partial charge in [-0.15, -0.1) is 0 Å². The summed E-state index contributed by atoms with van der Waals surface area (Å²) in [5.74, 6) is 0.852. The van der Waals surface area contributed by atoms with E-state index in [1.54, 1.807) is 0 Å². The molecule has 0 spiro atoms. The fourth-order valence-electron chi connectivity index (χ4n) is 1.99. The van der Waals surface area contributed by atoms with Crippen LogP contribution in [0.15, 0.2) is 10.6 Å². The fourth-order valence-corrected chi connectivity index (χ4v) is 2.68. The maximum atomic E-state index is 3.73. The Hall–Kier alpha value is 0.220. The van der Waals surface area contributed by atoms with Gasteiger partial charge >= 0.3 is 0 Å². The van der Waals surface area contributed by atoms with Crippen LogP contribution >= 0.6 is 15.9 Å². The van der Waals surface area contributed by atoms with Crippen molar-refractivity contribution in [3.05, 3.63) is 10.6 Å². The van der Waals surface area contributed by atoms with Crippen LogP contribution in [0.25, 0.3) is 0 Å². The largest absolute Gasteiger partial charge is 0.0741 e. The van der Waals surface area contributed by atoms with E-state index < -0.39 is 0 Å². The van der Waals surface area contributed by atoms with E-state index in [4.69, 9.17) is 0 Å². The Morgan fingerprint density at radius 3 is 2.62 bits per heavy atom. The molecule has 1 aliphatic rings. The second kappa shape index (κ2) is 6.64. The van der Waals surface area contributed by atoms with Gasteiger partial charge in [-0.3, -0.25) is 0 Å². The average Bonchev–Trinajstić information content (AvgIpc) is 2.19. The van der Waals surface area contributed by atoms with E-state index >= 15 is 0 Å². The van der Waals surface area contributed by atoms with Crippen LogP contribution in [0.3, 0.4) is 0 Å². The second-order valence-electron chi connectivity index (χ2n) is 4.07. The van der Waals surface area contributed by atoms with Crippen molar-refractivity contribution in [2.45, 2.75) is 58.3 Å². The van der Waals surface area contributed by atoms with Crippen LogP contribution in [0.5, 0.6) is 0 Å². The predicted molar refractivity (Wildman–Crippen MR) is 63.1 cm³/mol. The van der Waals surface area contributed by atoms with Gasteiger partial charge in [0, 0.05) is 0 Å². The molecule has 0 aromatic rings. The summed E-state index contributed by atoms with van der Waals surface area (Å²) in [6.07, 6.45) is 13.4. The number of hydrogen-bond acceptors (Lipinski definition) is 0. The monoisotopic (exact) mass is 244 g/mol. The highest BCUT2D eigenvalue weighted by Gasteiger charge is 2.15. The van der Waals surface area contributed by atoms with E-state index in [0.29, 0.717) is 0 Å². The Bertz CT molecular complexity index is 155. The summed E-state index contributed by atoms with van der Waals surface area (Å²) in [4.78, 5) is 0. The molecule has 0 amide bonds. The molecule has 0 saturated heterocycles. The summed E-state index contributed by atoms with van der Waals surface area (Å²) < 4.78 is 1.49. The van der Waals surface area contributed by atoms with Crippen molar-refractivity contribution in [3.63, 3.8) is 0 Å². The molecule has 0 radical (unpaired) electrons. The Morgan fingerprint density at radius 2 is 2.00 bits per heavy atom. The predicted octanol–water partition coefficient (Wildman–Crippen LogP) is 5.04. The minimum Gasteiger partial charge on any atom is -0.0741 e. The molecule has 0 aliphatic heterocycles. The normalized spacial score (nSPS) is 20.6. The first-order valence-corrected chi connectivity index (χ1v) is 6.49. The van der Waals surface area contributed by atoms with E-state index in [0.717, 1.165) is 5.92 Å². The third-order valence-electron chi connectivity index (χ3n) is 2.89. The minimum atomic E-state index is 0.852. The topological polar surface area (TPSA) is 0 Å². The SMILES string of the molecule is CCCC/C=C(/Br)C1CCCCC1. The van der Waals surface area contributed by atoms with E-state index in [9.17, 15) is 0 Å². The van der Waals surface area contributed by atoms with Crippen molar-refractivity contribution in [1.82, 2.24) is 0 Å². The molecule has 76 valence electrons. The number of rotatable bonds is 4. The third-order valence-corrected chi connectivity index (χ3v) is 3.86. The van der Waals surface area contributed by atoms with Crippen LogP contribution in [0.2, 0.25) is 0 Å². The molecule has 0 heterocycles. The Balaban J connectivity index is 2.27. The Labute approximate surface area is 90.9 Å². The molecule has 0 aromatic carbocycles. The van der Waals surface area contributed by atoms with Gasteiger partial charge < -0.3 is 0 Å². The molecule has 0 atom stereocenters. The van der Waals surface area contributed by atoms with Crippen molar-refractivity contribution in [1.29, 1.82) is 0 Å². The summed E-state index contributed by atoms with van der Waals surface area (Å²) in [5, 5.41) is 0. The van der Waals surface area contributed by atoms with Crippen molar-refractivity contribution in [2.24, 2.45) is 5.92 Å². The number of unbranched alkanes of at least 4 members (excludes halogenated alkanes) is 2. The van der Waals surface area contributed by atoms with Crippen molar-refractivity contribution in [3.8, 4) is 0 Å². The van der Waals surface area contributed by atoms with Crippen LogP contribution in [0.1, 0.15) is 58.3 Å². The molecule has 13 heavy (non-hydrogen) atoms. The minimum absolute atomic E-state index is 0.852. The standard InChI is InChI=1S/C12H21Br/c1-2-3-5-10-12(13)11-8-6-4-7-9-11/h10-11H,2-9H2,1H3/b12-10+. The number of hydrogen-bond donors (Lipinski definition) is 0. The lowest BCUT2D eigenvalue weighted by Crippen LogP contribution is -2.05. The molecule has 0 aromatic heterocycles. The zero-order valence-corrected chi connectivity index (χ0v) is 10.3. The van der Waals surface area contributed by atoms with Gasteiger partial charge in [0.25, 0.3) is 0 Å². The van der Waals surface area contributed by atoms with Gasteiger partial charge in [-0.1, -0.05) is 61.0 Å². The summed E-state index contributed by atoms with van der Waals surface area (Å²) >= 11 is 3.73. The maximum Gasteiger partial charge on any atom is -0.00582 e. The maximum absolute atomic E-state index is 3.73. The van der Waals surface area contributed by atoms with Crippen LogP contribution in [0, 0.1) is 5.92 Å². The molecule has 1 heteroatoms. The zero-order chi connectivity index (χ0) is 9.52. The zero-order valence-electron chi connectivity index (χ0n) is 8.69. The van der Waals surface area contributed by atoms with Crippen LogP contribution in [0.4, 0.5) is 0 Å². The van der Waals surface area contributed by atoms with Crippen molar-refractivity contribution in [2.75, 3.05) is 0 Å². The lowest BCUT2D eigenvalue weighted by Gasteiger charge is -2.21. The second-order valence-corrected chi connectivity index (χ2v) is 4.98. The highest BCUT2D eigenvalue weighted by atomic mass is 79.9. The van der Waals surface area contributed by atoms with Gasteiger partial charge in [0.2, 0.25) is 0 Å². The van der Waals surface area contributed by atoms with Gasteiger partial charge in [-0.25, -0.2) is 0 Å². The number of halogens is 1. The van der Waals surface area contributed by atoms with Gasteiger partial charge in [0.05, 0.1) is 0 Å². The molecular formula is C12H21Br. The smallest absolute Gasteiger partial charge is 0.00582 e. The summed E-state index contributed by atoms with van der Waals surface area (Å²) in [6, 6.07) is 0. The van der Waals surface area contributed by atoms with E-state index in [1.165, 1.54) is 55.8 Å². The molecule has 0 nitrogen and oxygen atoms in total. The molecular weight excluding hydrogens is 224 g/mol. The van der Waals surface area contributed by atoms with Crippen molar-refractivity contribution < 1.29 is 0 Å². The lowest BCUT2D eigenvalue weighted by atomic mass is 9.89. The first-order valence-electron chi connectivity index (χ1n) is 5.70. The average molecular weight is 245 g/mol. The highest BCUT2D eigenvalue weighted by molar-refractivity contribution is 9.11. The first-order chi connectivity index (χ1) is 6.34. The van der Waals surface area contributed by atoms with Gasteiger partial charge in [0.15, 0.2) is 0 Å². The van der Waals surface area contributed by atoms with Gasteiger partial charge in [0.1, 0.15) is 0 Å². The van der Waals surface area contributed by atoms with Crippen LogP contribution in [-0.4, -0.2) is 0 Å². The highest BCUT2D eigenvalue weighted by Crippen LogP contribution is 2.33. The van der Waals surface area contributed by atoms with Crippen LogP contribution in [-0.2, 0) is 0 Å². The molecule has 0 bridgehead atoms. The summed E-state index contributed by atoms with van der Waals surface area (Å²) in [7, 11) is 0. The quantitative estimate of drug-likeness (QED) is 0.609. The number of allylic oxidation sites excluding steroid dienone is 2. The molecule has 1 rings (SSSR count). The van der Waals surface area contributed by atoms with E-state index in [-0.39, 0.29) is 0 Å². The molecule has 0 N–H and O–H groups in total. The molecule has 0 unspecified atom stereocenters. The van der Waals surface area contributed by atoms with E-state index in [1.807, 2.05) is 0 Å². The fraction of sp³-hybridized carbons (Fsp3) is 0.833. The Kier molecular flexibility index (Phi) is 5.77. The van der Waals surface area contributed by atoms with E-state index in [2.05, 4.69) is 28.9 Å². The first kappa shape index (κ1) is 11.3. The lowest BCUT2D eigenvalue weighted by molar-refractivity contribution is 0.415. The van der Waals surface area contributed by atoms with Gasteiger partial charge in [-0.2, -0.15) is 0 Å². The molecule has 1 fully saturated rings. The van der Waals surface area contributed by atoms with Crippen molar-refractivity contribution >= 4 is 15.9 Å². The van der Waals surface area contributed by atoms with Crippen LogP contribution < -0.4 is 0 Å². The summed E-state index contributed by atoms with van der Waals surface area (Å²) in [6.45, 7) is 2.25.